The number of hydrogen-bond donors (Lipinski definition) is 1. The molecule has 0 bridgehead atoms. The number of rotatable bonds is 6. The molecule has 1 amide bonds. The molecule has 0 spiro atoms. The summed E-state index contributed by atoms with van der Waals surface area (Å²) < 4.78 is 7.67. The molecule has 1 N–H and O–H groups in total. The maximum Gasteiger partial charge on any atom is 0.270 e. The Bertz CT molecular complexity index is 995. The fourth-order valence-electron chi connectivity index (χ4n) is 2.17. The van der Waals surface area contributed by atoms with Crippen LogP contribution < -0.4 is 10.1 Å². The van der Waals surface area contributed by atoms with Crippen molar-refractivity contribution in [3.8, 4) is 11.8 Å². The van der Waals surface area contributed by atoms with Gasteiger partial charge in [0.2, 0.25) is 0 Å². The molecule has 0 radical (unpaired) electrons. The molecular formula is C18H12BrI2N3O4. The molecule has 0 heterocycles. The van der Waals surface area contributed by atoms with Crippen molar-refractivity contribution in [2.24, 2.45) is 0 Å². The van der Waals surface area contributed by atoms with Crippen LogP contribution in [-0.4, -0.2) is 17.4 Å². The quantitative estimate of drug-likeness (QED) is 0.144. The molecule has 0 saturated heterocycles. The predicted molar refractivity (Wildman–Crippen MR) is 126 cm³/mol. The summed E-state index contributed by atoms with van der Waals surface area (Å²) >= 11 is 7.46. The second kappa shape index (κ2) is 10.2. The van der Waals surface area contributed by atoms with E-state index in [0.717, 1.165) is 12.9 Å². The van der Waals surface area contributed by atoms with Gasteiger partial charge in [-0.3, -0.25) is 14.9 Å². The summed E-state index contributed by atoms with van der Waals surface area (Å²) in [6.45, 7) is 2.44. The zero-order valence-electron chi connectivity index (χ0n) is 14.3. The molecule has 2 aromatic rings. The number of ether oxygens (including phenoxy) is 1. The number of nitro benzene ring substituents is 1. The minimum absolute atomic E-state index is 0.0963. The van der Waals surface area contributed by atoms with Crippen molar-refractivity contribution < 1.29 is 14.5 Å². The summed E-state index contributed by atoms with van der Waals surface area (Å²) in [5.41, 5.74) is 0.805. The Hall–Kier alpha value is -1.72. The number of benzene rings is 2. The Morgan fingerprint density at radius 2 is 2.00 bits per heavy atom. The number of amides is 1. The average molecular weight is 668 g/mol. The van der Waals surface area contributed by atoms with Crippen molar-refractivity contribution in [3.05, 3.63) is 63.2 Å². The number of halogens is 3. The van der Waals surface area contributed by atoms with Crippen molar-refractivity contribution in [1.29, 1.82) is 5.26 Å². The van der Waals surface area contributed by atoms with Crippen LogP contribution in [-0.2, 0) is 4.79 Å². The average Bonchev–Trinajstić information content (AvgIpc) is 2.64. The number of nitro groups is 1. The second-order valence-corrected chi connectivity index (χ2v) is 8.47. The predicted octanol–water partition coefficient (Wildman–Crippen LogP) is 5.51. The van der Waals surface area contributed by atoms with Gasteiger partial charge in [0.15, 0.2) is 0 Å². The minimum Gasteiger partial charge on any atom is -0.492 e. The Morgan fingerprint density at radius 1 is 1.36 bits per heavy atom. The molecule has 28 heavy (non-hydrogen) atoms. The summed E-state index contributed by atoms with van der Waals surface area (Å²) in [6.07, 6.45) is 1.48. The number of hydrogen-bond acceptors (Lipinski definition) is 5. The first kappa shape index (κ1) is 22.6. The first-order chi connectivity index (χ1) is 13.3. The van der Waals surface area contributed by atoms with Crippen LogP contribution in [0.4, 0.5) is 11.4 Å². The van der Waals surface area contributed by atoms with Crippen LogP contribution in [0.15, 0.2) is 40.4 Å². The SMILES string of the molecule is CCOc1c(I)cc(C=C(C#N)C(=O)Nc2ccc([N+](=O)[O-])cc2Br)cc1I. The van der Waals surface area contributed by atoms with Gasteiger partial charge in [0.05, 0.1) is 24.4 Å². The molecule has 0 fully saturated rings. The van der Waals surface area contributed by atoms with Crippen LogP contribution in [0.2, 0.25) is 0 Å². The van der Waals surface area contributed by atoms with Gasteiger partial charge in [0, 0.05) is 16.6 Å². The Balaban J connectivity index is 2.29. The molecule has 0 aliphatic heterocycles. The highest BCUT2D eigenvalue weighted by atomic mass is 127. The van der Waals surface area contributed by atoms with E-state index in [4.69, 9.17) is 4.74 Å². The van der Waals surface area contributed by atoms with E-state index in [2.05, 4.69) is 66.4 Å². The maximum atomic E-state index is 12.5. The van der Waals surface area contributed by atoms with Crippen LogP contribution in [0.3, 0.4) is 0 Å². The normalized spacial score (nSPS) is 10.9. The molecule has 0 aliphatic rings. The number of non-ortho nitro benzene ring substituents is 1. The first-order valence-corrected chi connectivity index (χ1v) is 10.7. The van der Waals surface area contributed by atoms with Crippen LogP contribution in [0, 0.1) is 28.6 Å². The largest absolute Gasteiger partial charge is 0.492 e. The van der Waals surface area contributed by atoms with E-state index >= 15 is 0 Å². The lowest BCUT2D eigenvalue weighted by molar-refractivity contribution is -0.384. The van der Waals surface area contributed by atoms with Crippen LogP contribution in [0.25, 0.3) is 6.08 Å². The highest BCUT2D eigenvalue weighted by molar-refractivity contribution is 14.1. The lowest BCUT2D eigenvalue weighted by Gasteiger charge is -2.10. The van der Waals surface area contributed by atoms with Gasteiger partial charge >= 0.3 is 0 Å². The topological polar surface area (TPSA) is 105 Å². The number of carbonyl (C=O) groups is 1. The van der Waals surface area contributed by atoms with Gasteiger partial charge in [0.25, 0.3) is 11.6 Å². The molecule has 2 aromatic carbocycles. The third kappa shape index (κ3) is 5.65. The number of anilines is 1. The van der Waals surface area contributed by atoms with E-state index in [9.17, 15) is 20.2 Å². The summed E-state index contributed by atoms with van der Waals surface area (Å²) in [5.74, 6) is 0.148. The highest BCUT2D eigenvalue weighted by Gasteiger charge is 2.15. The Labute approximate surface area is 196 Å². The van der Waals surface area contributed by atoms with E-state index in [1.54, 1.807) is 0 Å². The van der Waals surface area contributed by atoms with Crippen LogP contribution in [0.5, 0.6) is 5.75 Å². The molecular weight excluding hydrogens is 656 g/mol. The smallest absolute Gasteiger partial charge is 0.270 e. The fraction of sp³-hybridized carbons (Fsp3) is 0.111. The highest BCUT2D eigenvalue weighted by Crippen LogP contribution is 2.30. The lowest BCUT2D eigenvalue weighted by atomic mass is 10.1. The van der Waals surface area contributed by atoms with Gasteiger partial charge in [0.1, 0.15) is 17.4 Å². The number of nitrogens with one attached hydrogen (secondary N) is 1. The van der Waals surface area contributed by atoms with Crippen molar-refractivity contribution in [3.63, 3.8) is 0 Å². The number of nitrogens with zero attached hydrogens (tertiary/aromatic N) is 2. The van der Waals surface area contributed by atoms with Crippen molar-refractivity contribution >= 4 is 84.5 Å². The number of carbonyl (C=O) groups excluding carboxylic acids is 1. The molecule has 0 aliphatic carbocycles. The van der Waals surface area contributed by atoms with Gasteiger partial charge in [-0.05, 0) is 97.9 Å². The molecule has 2 rings (SSSR count). The fourth-order valence-corrected chi connectivity index (χ4v) is 4.76. The third-order valence-corrected chi connectivity index (χ3v) is 5.66. The molecule has 0 unspecified atom stereocenters. The summed E-state index contributed by atoms with van der Waals surface area (Å²) in [6, 6.07) is 9.48. The molecule has 10 heteroatoms. The standard InChI is InChI=1S/C18H12BrI2N3O4/c1-2-28-17-14(20)6-10(7-15(17)21)5-11(9-22)18(25)23-16-4-3-12(24(26)27)8-13(16)19/h3-8H,2H2,1H3,(H,23,25). The maximum absolute atomic E-state index is 12.5. The van der Waals surface area contributed by atoms with Gasteiger partial charge in [-0.25, -0.2) is 0 Å². The molecule has 0 atom stereocenters. The van der Waals surface area contributed by atoms with Gasteiger partial charge < -0.3 is 10.1 Å². The Morgan fingerprint density at radius 3 is 2.50 bits per heavy atom. The first-order valence-electron chi connectivity index (χ1n) is 7.75. The summed E-state index contributed by atoms with van der Waals surface area (Å²) in [4.78, 5) is 22.7. The zero-order valence-corrected chi connectivity index (χ0v) is 20.2. The van der Waals surface area contributed by atoms with Crippen LogP contribution in [0.1, 0.15) is 12.5 Å². The monoisotopic (exact) mass is 667 g/mol. The number of nitriles is 1. The van der Waals surface area contributed by atoms with E-state index in [-0.39, 0.29) is 11.3 Å². The van der Waals surface area contributed by atoms with Crippen LogP contribution >= 0.6 is 61.1 Å². The van der Waals surface area contributed by atoms with Gasteiger partial charge in [-0.1, -0.05) is 0 Å². The summed E-state index contributed by atoms with van der Waals surface area (Å²) in [5, 5.41) is 22.8. The van der Waals surface area contributed by atoms with Crippen molar-refractivity contribution in [1.82, 2.24) is 0 Å². The lowest BCUT2D eigenvalue weighted by Crippen LogP contribution is -2.14. The second-order valence-electron chi connectivity index (χ2n) is 5.29. The third-order valence-electron chi connectivity index (χ3n) is 3.40. The van der Waals surface area contributed by atoms with Crippen molar-refractivity contribution in [2.75, 3.05) is 11.9 Å². The van der Waals surface area contributed by atoms with Gasteiger partial charge in [-0.2, -0.15) is 5.26 Å². The molecule has 7 nitrogen and oxygen atoms in total. The summed E-state index contributed by atoms with van der Waals surface area (Å²) in [7, 11) is 0. The van der Waals surface area contributed by atoms with Crippen molar-refractivity contribution in [2.45, 2.75) is 6.92 Å². The Kier molecular flexibility index (Phi) is 8.20. The van der Waals surface area contributed by atoms with E-state index in [0.29, 0.717) is 22.3 Å². The molecule has 0 aromatic heterocycles. The minimum atomic E-state index is -0.615. The zero-order chi connectivity index (χ0) is 20.8. The molecule has 0 saturated carbocycles. The van der Waals surface area contributed by atoms with Gasteiger partial charge in [-0.15, -0.1) is 0 Å². The van der Waals surface area contributed by atoms with E-state index in [1.807, 2.05) is 25.1 Å². The van der Waals surface area contributed by atoms with E-state index in [1.165, 1.54) is 24.3 Å². The van der Waals surface area contributed by atoms with E-state index < -0.39 is 10.8 Å². The molecule has 144 valence electrons.